The number of hydrogen-bond donors (Lipinski definition) is 1. The Bertz CT molecular complexity index is 1560. The van der Waals surface area contributed by atoms with Gasteiger partial charge in [-0.1, -0.05) is 30.3 Å². The Morgan fingerprint density at radius 3 is 2.42 bits per heavy atom. The molecule has 9 heteroatoms. The van der Waals surface area contributed by atoms with Crippen LogP contribution in [0.1, 0.15) is 21.5 Å². The molecule has 8 nitrogen and oxygen atoms in total. The highest BCUT2D eigenvalue weighted by atomic mass is 32.2. The number of amides is 1. The van der Waals surface area contributed by atoms with Gasteiger partial charge in [-0.25, -0.2) is 8.42 Å². The van der Waals surface area contributed by atoms with Crippen LogP contribution < -0.4 is 9.46 Å². The second kappa shape index (κ2) is 10.8. The molecule has 196 valence electrons. The van der Waals surface area contributed by atoms with Crippen LogP contribution in [0.2, 0.25) is 0 Å². The van der Waals surface area contributed by atoms with E-state index in [9.17, 15) is 13.2 Å². The molecule has 0 bridgehead atoms. The second-order valence-electron chi connectivity index (χ2n) is 9.38. The van der Waals surface area contributed by atoms with Crippen LogP contribution in [0.4, 0.5) is 5.69 Å². The lowest BCUT2D eigenvalue weighted by Gasteiger charge is -2.35. The average Bonchev–Trinajstić information content (AvgIpc) is 2.94. The number of fused-ring (bicyclic) bond motifs is 1. The highest BCUT2D eigenvalue weighted by molar-refractivity contribution is 7.93. The minimum Gasteiger partial charge on any atom is -0.497 e. The third-order valence-corrected chi connectivity index (χ3v) is 8.22. The fourth-order valence-electron chi connectivity index (χ4n) is 4.68. The van der Waals surface area contributed by atoms with Crippen LogP contribution >= 0.6 is 0 Å². The largest absolute Gasteiger partial charge is 0.497 e. The number of carbonyl (C=O) groups is 1. The number of pyridine rings is 1. The van der Waals surface area contributed by atoms with Gasteiger partial charge in [0.1, 0.15) is 10.6 Å². The van der Waals surface area contributed by atoms with Crippen molar-refractivity contribution >= 4 is 32.5 Å². The maximum atomic E-state index is 13.2. The third-order valence-electron chi connectivity index (χ3n) is 6.83. The predicted molar refractivity (Wildman–Crippen MR) is 148 cm³/mol. The molecule has 3 aromatic carbocycles. The first-order chi connectivity index (χ1) is 18.3. The molecule has 0 aliphatic carbocycles. The van der Waals surface area contributed by atoms with Crippen molar-refractivity contribution in [1.82, 2.24) is 14.8 Å². The highest BCUT2D eigenvalue weighted by Crippen LogP contribution is 2.26. The van der Waals surface area contributed by atoms with Crippen LogP contribution in [0.15, 0.2) is 83.9 Å². The van der Waals surface area contributed by atoms with Crippen LogP contribution in [-0.2, 0) is 16.6 Å². The average molecular weight is 531 g/mol. The number of ether oxygens (including phenoxy) is 1. The zero-order chi connectivity index (χ0) is 26.7. The van der Waals surface area contributed by atoms with Crippen LogP contribution in [0.3, 0.4) is 0 Å². The van der Waals surface area contributed by atoms with Crippen LogP contribution in [0.5, 0.6) is 5.75 Å². The Hall–Kier alpha value is -3.95. The molecule has 1 fully saturated rings. The first-order valence-electron chi connectivity index (χ1n) is 12.5. The van der Waals surface area contributed by atoms with Gasteiger partial charge in [-0.3, -0.25) is 19.4 Å². The van der Waals surface area contributed by atoms with Crippen molar-refractivity contribution in [2.75, 3.05) is 38.0 Å². The molecule has 0 saturated carbocycles. The summed E-state index contributed by atoms with van der Waals surface area (Å²) < 4.78 is 34.3. The first-order valence-corrected chi connectivity index (χ1v) is 13.9. The number of piperazine rings is 1. The van der Waals surface area contributed by atoms with Gasteiger partial charge in [0.15, 0.2) is 0 Å². The molecule has 0 atom stereocenters. The molecule has 38 heavy (non-hydrogen) atoms. The standard InChI is InChI=1S/C29H30N4O4S/c1-21-19-24(29(34)33-17-15-32(16-18-33)20-22-8-11-25(37-2)12-9-22)10-13-26(21)31-38(35,36)27-7-3-5-23-6-4-14-30-28(23)27/h3-14,19,31H,15-18,20H2,1-2H3. The number of anilines is 1. The maximum absolute atomic E-state index is 13.2. The SMILES string of the molecule is COc1ccc(CN2CCN(C(=O)c3ccc(NS(=O)(=O)c4cccc5cccnc45)c(C)c3)CC2)cc1. The molecular formula is C29H30N4O4S. The van der Waals surface area contributed by atoms with Gasteiger partial charge >= 0.3 is 0 Å². The number of rotatable bonds is 7. The van der Waals surface area contributed by atoms with Gasteiger partial charge in [0.05, 0.1) is 18.3 Å². The molecule has 0 unspecified atom stereocenters. The van der Waals surface area contributed by atoms with E-state index in [1.54, 1.807) is 56.6 Å². The number of nitrogens with zero attached hydrogens (tertiary/aromatic N) is 3. The predicted octanol–water partition coefficient (Wildman–Crippen LogP) is 4.31. The van der Waals surface area contributed by atoms with Crippen LogP contribution in [-0.4, -0.2) is 62.4 Å². The van der Waals surface area contributed by atoms with E-state index in [0.717, 1.165) is 30.8 Å². The number of hydrogen-bond acceptors (Lipinski definition) is 6. The zero-order valence-electron chi connectivity index (χ0n) is 21.4. The van der Waals surface area contributed by atoms with Crippen LogP contribution in [0, 0.1) is 6.92 Å². The maximum Gasteiger partial charge on any atom is 0.264 e. The number of nitrogens with one attached hydrogen (secondary N) is 1. The first kappa shape index (κ1) is 25.7. The lowest BCUT2D eigenvalue weighted by Crippen LogP contribution is -2.48. The topological polar surface area (TPSA) is 91.8 Å². The van der Waals surface area contributed by atoms with Crippen molar-refractivity contribution < 1.29 is 17.9 Å². The number of methoxy groups -OCH3 is 1. The van der Waals surface area contributed by atoms with E-state index in [0.29, 0.717) is 35.4 Å². The summed E-state index contributed by atoms with van der Waals surface area (Å²) in [4.78, 5) is 21.8. The third kappa shape index (κ3) is 5.49. The molecule has 1 amide bonds. The summed E-state index contributed by atoms with van der Waals surface area (Å²) in [5.74, 6) is 0.786. The summed E-state index contributed by atoms with van der Waals surface area (Å²) in [6.07, 6.45) is 1.58. The summed E-state index contributed by atoms with van der Waals surface area (Å²) in [6.45, 7) is 5.46. The summed E-state index contributed by atoms with van der Waals surface area (Å²) in [7, 11) is -2.22. The van der Waals surface area contributed by atoms with Gasteiger partial charge in [-0.15, -0.1) is 0 Å². The Morgan fingerprint density at radius 1 is 0.974 bits per heavy atom. The molecule has 0 radical (unpaired) electrons. The monoisotopic (exact) mass is 530 g/mol. The van der Waals surface area contributed by atoms with Gasteiger partial charge in [0, 0.05) is 49.9 Å². The van der Waals surface area contributed by atoms with E-state index in [1.807, 2.05) is 29.2 Å². The molecule has 2 heterocycles. The molecule has 1 aromatic heterocycles. The summed E-state index contributed by atoms with van der Waals surface area (Å²) >= 11 is 0. The Balaban J connectivity index is 1.23. The Morgan fingerprint density at radius 2 is 1.71 bits per heavy atom. The van der Waals surface area contributed by atoms with E-state index < -0.39 is 10.0 Å². The lowest BCUT2D eigenvalue weighted by molar-refractivity contribution is 0.0628. The molecule has 5 rings (SSSR count). The normalized spacial score (nSPS) is 14.4. The molecule has 4 aromatic rings. The fraction of sp³-hybridized carbons (Fsp3) is 0.241. The summed E-state index contributed by atoms with van der Waals surface area (Å²) in [5.41, 5.74) is 3.27. The van der Waals surface area contributed by atoms with Crippen molar-refractivity contribution in [2.24, 2.45) is 0 Å². The van der Waals surface area contributed by atoms with Crippen molar-refractivity contribution in [2.45, 2.75) is 18.4 Å². The number of aromatic nitrogens is 1. The van der Waals surface area contributed by atoms with E-state index >= 15 is 0 Å². The van der Waals surface area contributed by atoms with Gasteiger partial charge < -0.3 is 9.64 Å². The number of para-hydroxylation sites is 1. The Kier molecular flexibility index (Phi) is 7.31. The van der Waals surface area contributed by atoms with Crippen molar-refractivity contribution in [1.29, 1.82) is 0 Å². The van der Waals surface area contributed by atoms with Gasteiger partial charge in [-0.2, -0.15) is 0 Å². The van der Waals surface area contributed by atoms with E-state index in [2.05, 4.69) is 26.7 Å². The van der Waals surface area contributed by atoms with Crippen molar-refractivity contribution in [3.63, 3.8) is 0 Å². The summed E-state index contributed by atoms with van der Waals surface area (Å²) in [5, 5.41) is 0.747. The number of sulfonamides is 1. The number of aryl methyl sites for hydroxylation is 1. The molecule has 1 aliphatic heterocycles. The fourth-order valence-corrected chi connectivity index (χ4v) is 6.00. The summed E-state index contributed by atoms with van der Waals surface area (Å²) in [6, 6.07) is 21.8. The molecule has 1 saturated heterocycles. The zero-order valence-corrected chi connectivity index (χ0v) is 22.2. The van der Waals surface area contributed by atoms with E-state index in [-0.39, 0.29) is 10.8 Å². The van der Waals surface area contributed by atoms with Gasteiger partial charge in [0.25, 0.3) is 15.9 Å². The molecule has 1 aliphatic rings. The second-order valence-corrected chi connectivity index (χ2v) is 11.0. The quantitative estimate of drug-likeness (QED) is 0.383. The van der Waals surface area contributed by atoms with E-state index in [1.165, 1.54) is 5.56 Å². The lowest BCUT2D eigenvalue weighted by atomic mass is 10.1. The van der Waals surface area contributed by atoms with E-state index in [4.69, 9.17) is 4.74 Å². The smallest absolute Gasteiger partial charge is 0.264 e. The molecular weight excluding hydrogens is 500 g/mol. The molecule has 0 spiro atoms. The van der Waals surface area contributed by atoms with Gasteiger partial charge in [-0.05, 0) is 60.5 Å². The van der Waals surface area contributed by atoms with Crippen molar-refractivity contribution in [3.05, 3.63) is 95.7 Å². The number of carbonyl (C=O) groups excluding carboxylic acids is 1. The highest BCUT2D eigenvalue weighted by Gasteiger charge is 2.24. The van der Waals surface area contributed by atoms with Crippen molar-refractivity contribution in [3.8, 4) is 5.75 Å². The molecule has 1 N–H and O–H groups in total. The minimum absolute atomic E-state index is 0.0511. The van der Waals surface area contributed by atoms with Gasteiger partial charge in [0.2, 0.25) is 0 Å². The minimum atomic E-state index is -3.87. The van der Waals surface area contributed by atoms with Crippen LogP contribution in [0.25, 0.3) is 10.9 Å². The Labute approximate surface area is 222 Å². The number of benzene rings is 3.